The smallest absolute Gasteiger partial charge is 0.257 e. The van der Waals surface area contributed by atoms with Gasteiger partial charge in [-0.1, -0.05) is 22.4 Å². The highest BCUT2D eigenvalue weighted by Crippen LogP contribution is 2.22. The lowest BCUT2D eigenvalue weighted by Gasteiger charge is -2.25. The van der Waals surface area contributed by atoms with Gasteiger partial charge in [-0.2, -0.15) is 4.31 Å². The molecule has 0 saturated carbocycles. The maximum Gasteiger partial charge on any atom is 0.257 e. The zero-order chi connectivity index (χ0) is 20.1. The van der Waals surface area contributed by atoms with Crippen molar-refractivity contribution in [1.29, 1.82) is 0 Å². The Kier molecular flexibility index (Phi) is 6.82. The van der Waals surface area contributed by atoms with E-state index in [0.29, 0.717) is 24.3 Å². The number of hydrogen-bond donors (Lipinski definition) is 2. The second kappa shape index (κ2) is 9.13. The molecule has 148 valence electrons. The molecule has 1 heterocycles. The van der Waals surface area contributed by atoms with Gasteiger partial charge in [0, 0.05) is 28.8 Å². The number of amides is 1. The Morgan fingerprint density at radius 3 is 2.18 bits per heavy atom. The summed E-state index contributed by atoms with van der Waals surface area (Å²) in [7, 11) is -3.47. The summed E-state index contributed by atoms with van der Waals surface area (Å²) in [5.74, 6) is -0.325. The molecule has 3 rings (SSSR count). The third kappa shape index (κ3) is 5.16. The van der Waals surface area contributed by atoms with E-state index >= 15 is 0 Å². The maximum absolute atomic E-state index is 12.7. The van der Waals surface area contributed by atoms with Crippen LogP contribution in [-0.4, -0.2) is 36.8 Å². The van der Waals surface area contributed by atoms with E-state index in [1.54, 1.807) is 48.5 Å². The number of carbonyl (C=O) groups excluding carboxylic acids is 1. The summed E-state index contributed by atoms with van der Waals surface area (Å²) in [5, 5.41) is 5.63. The summed E-state index contributed by atoms with van der Waals surface area (Å²) < 4.78 is 27.7. The van der Waals surface area contributed by atoms with Crippen molar-refractivity contribution in [3.05, 3.63) is 58.6 Å². The number of anilines is 1. The van der Waals surface area contributed by atoms with Gasteiger partial charge in [-0.15, -0.1) is 0 Å². The van der Waals surface area contributed by atoms with Crippen molar-refractivity contribution in [1.82, 2.24) is 9.62 Å². The van der Waals surface area contributed by atoms with Crippen LogP contribution in [0.4, 0.5) is 5.69 Å². The molecule has 0 radical (unpaired) electrons. The van der Waals surface area contributed by atoms with Crippen LogP contribution in [0.1, 0.15) is 29.6 Å². The van der Waals surface area contributed by atoms with Gasteiger partial charge < -0.3 is 5.32 Å². The molecule has 1 amide bonds. The number of nitrogens with one attached hydrogen (secondary N) is 2. The molecule has 6 nitrogen and oxygen atoms in total. The first kappa shape index (κ1) is 20.9. The highest BCUT2D eigenvalue weighted by Gasteiger charge is 2.25. The van der Waals surface area contributed by atoms with Crippen LogP contribution in [0.5, 0.6) is 0 Å². The molecule has 9 heteroatoms. The van der Waals surface area contributed by atoms with Crippen LogP contribution >= 0.6 is 28.1 Å². The number of hydrogen-bond acceptors (Lipinski definition) is 4. The predicted octanol–water partition coefficient (Wildman–Crippen LogP) is 3.75. The van der Waals surface area contributed by atoms with Gasteiger partial charge in [0.1, 0.15) is 0 Å². The fourth-order valence-corrected chi connectivity index (χ4v) is 4.90. The summed E-state index contributed by atoms with van der Waals surface area (Å²) in [6.45, 7) is 1.13. The van der Waals surface area contributed by atoms with Crippen LogP contribution < -0.4 is 10.6 Å². The second-order valence-corrected chi connectivity index (χ2v) is 9.67. The molecule has 0 unspecified atom stereocenters. The average Bonchev–Trinajstić information content (AvgIpc) is 2.69. The Hall–Kier alpha value is -1.81. The number of halogens is 1. The summed E-state index contributed by atoms with van der Waals surface area (Å²) in [5.41, 5.74) is 1.08. The zero-order valence-electron chi connectivity index (χ0n) is 15.0. The minimum atomic E-state index is -3.47. The summed E-state index contributed by atoms with van der Waals surface area (Å²) in [6.07, 6.45) is 2.86. The molecule has 2 N–H and O–H groups in total. The van der Waals surface area contributed by atoms with Gasteiger partial charge in [-0.25, -0.2) is 8.42 Å². The van der Waals surface area contributed by atoms with Crippen molar-refractivity contribution in [2.75, 3.05) is 18.4 Å². The number of piperidine rings is 1. The van der Waals surface area contributed by atoms with E-state index in [-0.39, 0.29) is 15.9 Å². The van der Waals surface area contributed by atoms with E-state index in [1.807, 2.05) is 0 Å². The highest BCUT2D eigenvalue weighted by atomic mass is 79.9. The van der Waals surface area contributed by atoms with Gasteiger partial charge in [0.2, 0.25) is 10.0 Å². The van der Waals surface area contributed by atoms with Gasteiger partial charge in [0.15, 0.2) is 5.11 Å². The molecule has 2 aromatic carbocycles. The van der Waals surface area contributed by atoms with Crippen LogP contribution in [0, 0.1) is 0 Å². The molecule has 0 bridgehead atoms. The maximum atomic E-state index is 12.7. The number of nitrogens with zero attached hydrogens (tertiary/aromatic N) is 1. The van der Waals surface area contributed by atoms with E-state index in [9.17, 15) is 13.2 Å². The van der Waals surface area contributed by atoms with E-state index in [2.05, 4.69) is 26.6 Å². The Morgan fingerprint density at radius 1 is 0.964 bits per heavy atom. The third-order valence-electron chi connectivity index (χ3n) is 4.40. The molecule has 2 aromatic rings. The fourth-order valence-electron chi connectivity index (χ4n) is 2.90. The van der Waals surface area contributed by atoms with Crippen LogP contribution in [0.25, 0.3) is 0 Å². The van der Waals surface area contributed by atoms with Gasteiger partial charge in [-0.05, 0) is 73.6 Å². The Morgan fingerprint density at radius 2 is 1.57 bits per heavy atom. The molecule has 0 atom stereocenters. The van der Waals surface area contributed by atoms with Gasteiger partial charge >= 0.3 is 0 Å². The Labute approximate surface area is 178 Å². The fraction of sp³-hybridized carbons (Fsp3) is 0.263. The lowest BCUT2D eigenvalue weighted by molar-refractivity contribution is 0.0977. The van der Waals surface area contributed by atoms with Gasteiger partial charge in [0.05, 0.1) is 4.90 Å². The second-order valence-electron chi connectivity index (χ2n) is 6.40. The Bertz CT molecular complexity index is 955. The summed E-state index contributed by atoms with van der Waals surface area (Å²) in [4.78, 5) is 12.4. The minimum Gasteiger partial charge on any atom is -0.332 e. The first-order chi connectivity index (χ1) is 13.4. The number of sulfonamides is 1. The highest BCUT2D eigenvalue weighted by molar-refractivity contribution is 9.10. The van der Waals surface area contributed by atoms with Gasteiger partial charge in [0.25, 0.3) is 5.91 Å². The van der Waals surface area contributed by atoms with E-state index in [1.165, 1.54) is 4.31 Å². The summed E-state index contributed by atoms with van der Waals surface area (Å²) in [6, 6.07) is 13.3. The molecule has 0 aromatic heterocycles. The van der Waals surface area contributed by atoms with Crippen LogP contribution in [0.3, 0.4) is 0 Å². The monoisotopic (exact) mass is 481 g/mol. The van der Waals surface area contributed by atoms with E-state index < -0.39 is 10.0 Å². The Balaban J connectivity index is 1.61. The van der Waals surface area contributed by atoms with E-state index in [4.69, 9.17) is 12.2 Å². The quantitative estimate of drug-likeness (QED) is 0.650. The first-order valence-electron chi connectivity index (χ1n) is 8.84. The first-order valence-corrected chi connectivity index (χ1v) is 11.5. The lowest BCUT2D eigenvalue weighted by atomic mass is 10.2. The molecule has 1 aliphatic heterocycles. The van der Waals surface area contributed by atoms with Crippen molar-refractivity contribution in [2.45, 2.75) is 24.2 Å². The SMILES string of the molecule is O=C(NC(=S)Nc1ccc(S(=O)(=O)N2CCCCC2)cc1)c1ccc(Br)cc1. The van der Waals surface area contributed by atoms with Crippen LogP contribution in [0.15, 0.2) is 57.9 Å². The zero-order valence-corrected chi connectivity index (χ0v) is 18.2. The molecular weight excluding hydrogens is 462 g/mol. The van der Waals surface area contributed by atoms with Crippen molar-refractivity contribution in [3.8, 4) is 0 Å². The van der Waals surface area contributed by atoms with Crippen molar-refractivity contribution >= 4 is 54.9 Å². The number of thiocarbonyl (C=S) groups is 1. The largest absolute Gasteiger partial charge is 0.332 e. The number of benzene rings is 2. The van der Waals surface area contributed by atoms with Crippen molar-refractivity contribution in [3.63, 3.8) is 0 Å². The lowest BCUT2D eigenvalue weighted by Crippen LogP contribution is -2.35. The minimum absolute atomic E-state index is 0.138. The molecule has 1 fully saturated rings. The summed E-state index contributed by atoms with van der Waals surface area (Å²) >= 11 is 8.49. The van der Waals surface area contributed by atoms with Crippen LogP contribution in [0.2, 0.25) is 0 Å². The molecule has 1 saturated heterocycles. The average molecular weight is 482 g/mol. The van der Waals surface area contributed by atoms with Crippen molar-refractivity contribution < 1.29 is 13.2 Å². The molecular formula is C19H20BrN3O3S2. The van der Waals surface area contributed by atoms with Crippen LogP contribution in [-0.2, 0) is 10.0 Å². The normalized spacial score (nSPS) is 15.0. The topological polar surface area (TPSA) is 78.5 Å². The predicted molar refractivity (Wildman–Crippen MR) is 117 cm³/mol. The molecule has 28 heavy (non-hydrogen) atoms. The molecule has 1 aliphatic rings. The molecule has 0 aliphatic carbocycles. The van der Waals surface area contributed by atoms with E-state index in [0.717, 1.165) is 23.7 Å². The number of carbonyl (C=O) groups is 1. The molecule has 0 spiro atoms. The third-order valence-corrected chi connectivity index (χ3v) is 7.04. The van der Waals surface area contributed by atoms with Crippen molar-refractivity contribution in [2.24, 2.45) is 0 Å². The standard InChI is InChI=1S/C19H20BrN3O3S2/c20-15-6-4-14(5-7-15)18(24)22-19(27)21-16-8-10-17(11-9-16)28(25,26)23-12-2-1-3-13-23/h4-11H,1-3,12-13H2,(H2,21,22,24,27). The number of rotatable bonds is 4. The van der Waals surface area contributed by atoms with Gasteiger partial charge in [-0.3, -0.25) is 10.1 Å².